The molecule has 3 nitrogen and oxygen atoms in total. The van der Waals surface area contributed by atoms with Crippen molar-refractivity contribution in [2.45, 2.75) is 25.0 Å². The van der Waals surface area contributed by atoms with Gasteiger partial charge >= 0.3 is 0 Å². The van der Waals surface area contributed by atoms with Crippen molar-refractivity contribution >= 4 is 11.8 Å². The van der Waals surface area contributed by atoms with E-state index in [1.54, 1.807) is 0 Å². The number of hydrogen-bond acceptors (Lipinski definition) is 4. The summed E-state index contributed by atoms with van der Waals surface area (Å²) in [5.74, 6) is 2.09. The van der Waals surface area contributed by atoms with Gasteiger partial charge in [-0.3, -0.25) is 4.90 Å². The highest BCUT2D eigenvalue weighted by Gasteiger charge is 2.26. The molecular formula is C16H22N2OS. The Morgan fingerprint density at radius 3 is 2.75 bits per heavy atom. The standard InChI is InChI=1S/C16H22N2OS/c1-16(2)13-18(10-12-20-16)9-11-19-15-5-3-14(4-6-15)7-8-17/h3-6H,7,9-13H2,1-2H3. The molecule has 0 aromatic heterocycles. The molecule has 1 heterocycles. The van der Waals surface area contributed by atoms with E-state index in [0.717, 1.165) is 37.6 Å². The molecule has 1 aromatic carbocycles. The van der Waals surface area contributed by atoms with Crippen molar-refractivity contribution in [2.24, 2.45) is 0 Å². The molecule has 1 aliphatic rings. The van der Waals surface area contributed by atoms with E-state index in [1.807, 2.05) is 24.3 Å². The number of ether oxygens (including phenoxy) is 1. The lowest BCUT2D eigenvalue weighted by Gasteiger charge is -2.37. The van der Waals surface area contributed by atoms with Crippen LogP contribution in [-0.2, 0) is 6.42 Å². The van der Waals surface area contributed by atoms with Crippen LogP contribution in [0, 0.1) is 11.3 Å². The number of hydrogen-bond donors (Lipinski definition) is 0. The van der Waals surface area contributed by atoms with E-state index in [2.05, 4.69) is 36.6 Å². The van der Waals surface area contributed by atoms with E-state index in [4.69, 9.17) is 10.00 Å². The Balaban J connectivity index is 1.74. The summed E-state index contributed by atoms with van der Waals surface area (Å²) in [7, 11) is 0. The number of benzene rings is 1. The third kappa shape index (κ3) is 4.73. The summed E-state index contributed by atoms with van der Waals surface area (Å²) in [6.45, 7) is 8.58. The molecule has 1 saturated heterocycles. The van der Waals surface area contributed by atoms with Crippen LogP contribution in [0.15, 0.2) is 24.3 Å². The molecule has 0 N–H and O–H groups in total. The Kier molecular flexibility index (Phi) is 5.33. The zero-order chi connectivity index (χ0) is 14.4. The van der Waals surface area contributed by atoms with Crippen molar-refractivity contribution in [2.75, 3.05) is 32.0 Å². The minimum absolute atomic E-state index is 0.358. The maximum atomic E-state index is 8.63. The molecule has 0 saturated carbocycles. The highest BCUT2D eigenvalue weighted by molar-refractivity contribution is 8.00. The van der Waals surface area contributed by atoms with Gasteiger partial charge in [-0.15, -0.1) is 0 Å². The first-order valence-corrected chi connectivity index (χ1v) is 8.03. The SMILES string of the molecule is CC1(C)CN(CCOc2ccc(CC#N)cc2)CCS1. The quantitative estimate of drug-likeness (QED) is 0.835. The molecule has 4 heteroatoms. The van der Waals surface area contributed by atoms with Gasteiger partial charge in [-0.1, -0.05) is 12.1 Å². The molecule has 0 amide bonds. The lowest BCUT2D eigenvalue weighted by Crippen LogP contribution is -2.44. The summed E-state index contributed by atoms with van der Waals surface area (Å²) < 4.78 is 6.14. The van der Waals surface area contributed by atoms with Crippen LogP contribution >= 0.6 is 11.8 Å². The minimum Gasteiger partial charge on any atom is -0.492 e. The molecule has 0 radical (unpaired) electrons. The van der Waals surface area contributed by atoms with Gasteiger partial charge in [-0.2, -0.15) is 17.0 Å². The smallest absolute Gasteiger partial charge is 0.119 e. The fourth-order valence-corrected chi connectivity index (χ4v) is 3.57. The topological polar surface area (TPSA) is 36.3 Å². The largest absolute Gasteiger partial charge is 0.492 e. The van der Waals surface area contributed by atoms with E-state index in [9.17, 15) is 0 Å². The monoisotopic (exact) mass is 290 g/mol. The van der Waals surface area contributed by atoms with Gasteiger partial charge in [0.25, 0.3) is 0 Å². The molecule has 1 aromatic rings. The molecule has 1 fully saturated rings. The van der Waals surface area contributed by atoms with Crippen LogP contribution < -0.4 is 4.74 Å². The van der Waals surface area contributed by atoms with Crippen LogP contribution in [0.1, 0.15) is 19.4 Å². The predicted molar refractivity (Wildman–Crippen MR) is 84.2 cm³/mol. The van der Waals surface area contributed by atoms with Gasteiger partial charge in [0.1, 0.15) is 12.4 Å². The first kappa shape index (κ1) is 15.2. The van der Waals surface area contributed by atoms with Crippen molar-refractivity contribution in [3.63, 3.8) is 0 Å². The normalized spacial score (nSPS) is 18.4. The van der Waals surface area contributed by atoms with E-state index in [0.29, 0.717) is 11.2 Å². The van der Waals surface area contributed by atoms with Crippen LogP contribution in [-0.4, -0.2) is 41.6 Å². The van der Waals surface area contributed by atoms with Gasteiger partial charge in [-0.05, 0) is 31.5 Å². The van der Waals surface area contributed by atoms with Gasteiger partial charge in [-0.25, -0.2) is 0 Å². The second-order valence-corrected chi connectivity index (χ2v) is 7.51. The zero-order valence-electron chi connectivity index (χ0n) is 12.3. The van der Waals surface area contributed by atoms with Crippen molar-refractivity contribution in [3.05, 3.63) is 29.8 Å². The molecule has 0 spiro atoms. The molecule has 0 bridgehead atoms. The van der Waals surface area contributed by atoms with Gasteiger partial charge in [0, 0.05) is 30.1 Å². The summed E-state index contributed by atoms with van der Waals surface area (Å²) in [6.07, 6.45) is 0.459. The van der Waals surface area contributed by atoms with Crippen molar-refractivity contribution in [3.8, 4) is 11.8 Å². The summed E-state index contributed by atoms with van der Waals surface area (Å²) in [6, 6.07) is 9.96. The van der Waals surface area contributed by atoms with Crippen LogP contribution in [0.2, 0.25) is 0 Å². The summed E-state index contributed by atoms with van der Waals surface area (Å²) in [5.41, 5.74) is 1.04. The fourth-order valence-electron chi connectivity index (χ4n) is 2.39. The van der Waals surface area contributed by atoms with E-state index in [-0.39, 0.29) is 0 Å². The lowest BCUT2D eigenvalue weighted by molar-refractivity contribution is 0.202. The van der Waals surface area contributed by atoms with Gasteiger partial charge in [0.15, 0.2) is 0 Å². The minimum atomic E-state index is 0.358. The zero-order valence-corrected chi connectivity index (χ0v) is 13.1. The number of nitrogens with zero attached hydrogens (tertiary/aromatic N) is 2. The van der Waals surface area contributed by atoms with Crippen LogP contribution in [0.5, 0.6) is 5.75 Å². The summed E-state index contributed by atoms with van der Waals surface area (Å²) in [4.78, 5) is 2.47. The van der Waals surface area contributed by atoms with Gasteiger partial charge in [0.05, 0.1) is 12.5 Å². The highest BCUT2D eigenvalue weighted by Crippen LogP contribution is 2.29. The molecule has 2 rings (SSSR count). The van der Waals surface area contributed by atoms with Crippen LogP contribution in [0.4, 0.5) is 0 Å². The van der Waals surface area contributed by atoms with Crippen LogP contribution in [0.25, 0.3) is 0 Å². The molecule has 108 valence electrons. The Morgan fingerprint density at radius 2 is 2.10 bits per heavy atom. The Hall–Kier alpha value is -1.18. The van der Waals surface area contributed by atoms with Gasteiger partial charge in [0.2, 0.25) is 0 Å². The maximum Gasteiger partial charge on any atom is 0.119 e. The van der Waals surface area contributed by atoms with Crippen molar-refractivity contribution in [1.82, 2.24) is 4.90 Å². The van der Waals surface area contributed by atoms with E-state index in [1.165, 1.54) is 5.75 Å². The number of thioether (sulfide) groups is 1. The third-order valence-corrected chi connectivity index (χ3v) is 4.68. The van der Waals surface area contributed by atoms with Crippen molar-refractivity contribution in [1.29, 1.82) is 5.26 Å². The first-order chi connectivity index (χ1) is 9.59. The van der Waals surface area contributed by atoms with Crippen molar-refractivity contribution < 1.29 is 4.74 Å². The number of nitriles is 1. The first-order valence-electron chi connectivity index (χ1n) is 7.04. The molecule has 0 atom stereocenters. The van der Waals surface area contributed by atoms with E-state index < -0.39 is 0 Å². The molecule has 0 unspecified atom stereocenters. The summed E-state index contributed by atoms with van der Waals surface area (Å²) in [5, 5.41) is 8.63. The molecule has 0 aliphatic carbocycles. The fraction of sp³-hybridized carbons (Fsp3) is 0.562. The second kappa shape index (κ2) is 7.01. The lowest BCUT2D eigenvalue weighted by atomic mass is 10.2. The Bertz CT molecular complexity index is 464. The highest BCUT2D eigenvalue weighted by atomic mass is 32.2. The predicted octanol–water partition coefficient (Wildman–Crippen LogP) is 2.96. The maximum absolute atomic E-state index is 8.63. The average molecular weight is 290 g/mol. The van der Waals surface area contributed by atoms with Gasteiger partial charge < -0.3 is 4.74 Å². The molecule has 1 aliphatic heterocycles. The Labute approximate surface area is 125 Å². The van der Waals surface area contributed by atoms with Crippen LogP contribution in [0.3, 0.4) is 0 Å². The summed E-state index contributed by atoms with van der Waals surface area (Å²) >= 11 is 2.05. The third-order valence-electron chi connectivity index (χ3n) is 3.39. The molecular weight excluding hydrogens is 268 g/mol. The Morgan fingerprint density at radius 1 is 1.35 bits per heavy atom. The van der Waals surface area contributed by atoms with E-state index >= 15 is 0 Å². The second-order valence-electron chi connectivity index (χ2n) is 5.71. The number of rotatable bonds is 5. The molecule has 20 heavy (non-hydrogen) atoms. The average Bonchev–Trinajstić information content (AvgIpc) is 2.40.